The molecule has 2 fully saturated rings. The second-order valence-electron chi connectivity index (χ2n) is 10.5. The summed E-state index contributed by atoms with van der Waals surface area (Å²) in [6, 6.07) is 26.0. The normalized spacial score (nSPS) is 25.2. The molecule has 1 aliphatic carbocycles. The average Bonchev–Trinajstić information content (AvgIpc) is 3.10. The fourth-order valence-electron chi connectivity index (χ4n) is 5.76. The molecule has 3 aromatic rings. The van der Waals surface area contributed by atoms with E-state index in [4.69, 9.17) is 9.47 Å². The van der Waals surface area contributed by atoms with Crippen LogP contribution in [0.1, 0.15) is 44.7 Å². The van der Waals surface area contributed by atoms with Crippen molar-refractivity contribution in [3.63, 3.8) is 0 Å². The van der Waals surface area contributed by atoms with Gasteiger partial charge in [-0.2, -0.15) is 10.9 Å². The van der Waals surface area contributed by atoms with E-state index in [1.54, 1.807) is 0 Å². The number of benzene rings is 3. The van der Waals surface area contributed by atoms with Crippen LogP contribution in [0.15, 0.2) is 87.5 Å². The highest BCUT2D eigenvalue weighted by atomic mass is 32.2. The van der Waals surface area contributed by atoms with Gasteiger partial charge in [-0.05, 0) is 95.8 Å². The maximum atomic E-state index is 12.6. The Bertz CT molecular complexity index is 1160. The summed E-state index contributed by atoms with van der Waals surface area (Å²) < 4.78 is 12.5. The Morgan fingerprint density at radius 1 is 0.824 bits per heavy atom. The third-order valence-electron chi connectivity index (χ3n) is 8.47. The van der Waals surface area contributed by atoms with E-state index >= 15 is 0 Å². The summed E-state index contributed by atoms with van der Waals surface area (Å²) in [5.74, 6) is 0.828. The van der Waals surface area contributed by atoms with Crippen LogP contribution in [0.2, 0.25) is 0 Å². The van der Waals surface area contributed by atoms with Crippen LogP contribution in [0.3, 0.4) is 0 Å². The van der Waals surface area contributed by atoms with E-state index in [-0.39, 0.29) is 11.4 Å². The standard InChI is InChI=1S/C30H34O3S/c1-21-18-25(34(23-12-8-6-9-13-23)24-14-10-7-11-15-24)19-22(2)26(21)32-20-30-17-16-29(5,27(31)33-30)28(30,3)4/h6-15,18-19,34H,16-17,20H2,1-5H3. The van der Waals surface area contributed by atoms with Gasteiger partial charge in [-0.15, -0.1) is 0 Å². The largest absolute Gasteiger partial charge is 0.489 e. The van der Waals surface area contributed by atoms with Gasteiger partial charge in [-0.25, -0.2) is 0 Å². The fourth-order valence-corrected chi connectivity index (χ4v) is 8.24. The second kappa shape index (κ2) is 8.20. The molecule has 5 rings (SSSR count). The van der Waals surface area contributed by atoms with Gasteiger partial charge in [-0.3, -0.25) is 4.79 Å². The van der Waals surface area contributed by atoms with Crippen LogP contribution >= 0.6 is 10.9 Å². The number of fused-ring (bicyclic) bond motifs is 2. The molecule has 0 spiro atoms. The van der Waals surface area contributed by atoms with Gasteiger partial charge in [0.1, 0.15) is 12.4 Å². The first kappa shape index (κ1) is 23.0. The maximum Gasteiger partial charge on any atom is 0.313 e. The number of thiol groups is 1. The number of carbonyl (C=O) groups is 1. The van der Waals surface area contributed by atoms with Gasteiger partial charge in [-0.1, -0.05) is 50.2 Å². The molecule has 178 valence electrons. The molecule has 1 saturated heterocycles. The zero-order valence-corrected chi connectivity index (χ0v) is 21.6. The Labute approximate surface area is 205 Å². The number of hydrogen-bond donors (Lipinski definition) is 1. The predicted octanol–water partition coefficient (Wildman–Crippen LogP) is 7.28. The first-order chi connectivity index (χ1) is 16.2. The van der Waals surface area contributed by atoms with Crippen molar-refractivity contribution in [2.45, 2.75) is 67.7 Å². The van der Waals surface area contributed by atoms with Crippen LogP contribution in [-0.4, -0.2) is 18.2 Å². The van der Waals surface area contributed by atoms with Crippen LogP contribution < -0.4 is 4.74 Å². The predicted molar refractivity (Wildman–Crippen MR) is 138 cm³/mol. The molecule has 3 nitrogen and oxygen atoms in total. The highest BCUT2D eigenvalue weighted by Crippen LogP contribution is 2.65. The summed E-state index contributed by atoms with van der Waals surface area (Å²) in [4.78, 5) is 16.6. The van der Waals surface area contributed by atoms with E-state index in [0.29, 0.717) is 6.61 Å². The Morgan fingerprint density at radius 3 is 1.79 bits per heavy atom. The van der Waals surface area contributed by atoms with Gasteiger partial charge >= 0.3 is 5.97 Å². The van der Waals surface area contributed by atoms with E-state index in [0.717, 1.165) is 29.7 Å². The molecule has 2 aliphatic rings. The molecular weight excluding hydrogens is 440 g/mol. The second-order valence-corrected chi connectivity index (χ2v) is 12.8. The SMILES string of the molecule is Cc1cc([SH](c2ccccc2)c2ccccc2)cc(C)c1OCC12CCC(C)(C(=O)O1)C2(C)C. The molecule has 2 unspecified atom stereocenters. The lowest BCUT2D eigenvalue weighted by molar-refractivity contribution is -0.162. The van der Waals surface area contributed by atoms with E-state index < -0.39 is 21.9 Å². The number of esters is 1. The van der Waals surface area contributed by atoms with E-state index in [9.17, 15) is 4.79 Å². The zero-order valence-electron chi connectivity index (χ0n) is 20.7. The van der Waals surface area contributed by atoms with Crippen LogP contribution in [0.4, 0.5) is 0 Å². The molecule has 34 heavy (non-hydrogen) atoms. The molecule has 4 heteroatoms. The van der Waals surface area contributed by atoms with E-state index in [1.165, 1.54) is 14.7 Å². The Hall–Kier alpha value is -2.72. The molecular formula is C30H34O3S. The number of carbonyl (C=O) groups excluding carboxylic acids is 1. The zero-order chi connectivity index (χ0) is 24.1. The molecule has 0 N–H and O–H groups in total. The summed E-state index contributed by atoms with van der Waals surface area (Å²) >= 11 is 0. The van der Waals surface area contributed by atoms with Crippen molar-refractivity contribution in [1.29, 1.82) is 0 Å². The minimum atomic E-state index is -0.668. The highest BCUT2D eigenvalue weighted by Gasteiger charge is 2.72. The van der Waals surface area contributed by atoms with Gasteiger partial charge in [0.05, 0.1) is 5.41 Å². The van der Waals surface area contributed by atoms with Crippen molar-refractivity contribution >= 4 is 16.9 Å². The number of rotatable bonds is 6. The minimum absolute atomic E-state index is 0.0764. The van der Waals surface area contributed by atoms with Crippen LogP contribution in [0.25, 0.3) is 0 Å². The van der Waals surface area contributed by atoms with Crippen LogP contribution in [0.5, 0.6) is 5.75 Å². The summed E-state index contributed by atoms with van der Waals surface area (Å²) in [5, 5.41) is 0. The monoisotopic (exact) mass is 474 g/mol. The van der Waals surface area contributed by atoms with Crippen molar-refractivity contribution < 1.29 is 14.3 Å². The lowest BCUT2D eigenvalue weighted by atomic mass is 9.66. The fraction of sp³-hybridized carbons (Fsp3) is 0.367. The van der Waals surface area contributed by atoms with E-state index in [1.807, 2.05) is 6.92 Å². The van der Waals surface area contributed by atoms with Gasteiger partial charge in [0.2, 0.25) is 0 Å². The van der Waals surface area contributed by atoms with Crippen molar-refractivity contribution in [2.75, 3.05) is 6.61 Å². The molecule has 3 aromatic carbocycles. The molecule has 1 heterocycles. The smallest absolute Gasteiger partial charge is 0.313 e. The highest BCUT2D eigenvalue weighted by molar-refractivity contribution is 8.17. The van der Waals surface area contributed by atoms with Gasteiger partial charge < -0.3 is 9.47 Å². The van der Waals surface area contributed by atoms with Crippen molar-refractivity contribution in [3.8, 4) is 5.75 Å². The molecule has 2 atom stereocenters. The Balaban J connectivity index is 1.47. The molecule has 1 saturated carbocycles. The average molecular weight is 475 g/mol. The first-order valence-electron chi connectivity index (χ1n) is 12.1. The lowest BCUT2D eigenvalue weighted by Crippen LogP contribution is -2.45. The topological polar surface area (TPSA) is 35.5 Å². The van der Waals surface area contributed by atoms with Crippen molar-refractivity contribution in [2.24, 2.45) is 10.8 Å². The third-order valence-corrected chi connectivity index (χ3v) is 10.9. The summed E-state index contributed by atoms with van der Waals surface area (Å²) in [6.45, 7) is 11.0. The summed E-state index contributed by atoms with van der Waals surface area (Å²) in [5.41, 5.74) is 0.999. The summed E-state index contributed by atoms with van der Waals surface area (Å²) in [6.07, 6.45) is 1.71. The lowest BCUT2D eigenvalue weighted by Gasteiger charge is -2.36. The quantitative estimate of drug-likeness (QED) is 0.301. The third kappa shape index (κ3) is 3.38. The van der Waals surface area contributed by atoms with Crippen LogP contribution in [-0.2, 0) is 9.53 Å². The Kier molecular flexibility index (Phi) is 5.55. The maximum absolute atomic E-state index is 12.6. The first-order valence-corrected chi connectivity index (χ1v) is 13.4. The van der Waals surface area contributed by atoms with Gasteiger partial charge in [0.25, 0.3) is 0 Å². The molecule has 2 bridgehead atoms. The summed E-state index contributed by atoms with van der Waals surface area (Å²) in [7, 11) is -0.668. The molecule has 0 amide bonds. The minimum Gasteiger partial charge on any atom is -0.489 e. The molecule has 1 aliphatic heterocycles. The van der Waals surface area contributed by atoms with Gasteiger partial charge in [0, 0.05) is 5.41 Å². The van der Waals surface area contributed by atoms with Crippen molar-refractivity contribution in [3.05, 3.63) is 83.9 Å². The van der Waals surface area contributed by atoms with Crippen molar-refractivity contribution in [1.82, 2.24) is 0 Å². The Morgan fingerprint density at radius 2 is 1.35 bits per heavy atom. The van der Waals surface area contributed by atoms with Crippen LogP contribution in [0, 0.1) is 24.7 Å². The number of aryl methyl sites for hydroxylation is 2. The number of hydrogen-bond acceptors (Lipinski definition) is 3. The molecule has 0 aromatic heterocycles. The van der Waals surface area contributed by atoms with E-state index in [2.05, 4.69) is 100 Å². The number of ether oxygens (including phenoxy) is 2. The van der Waals surface area contributed by atoms with Gasteiger partial charge in [0.15, 0.2) is 5.60 Å². The molecule has 0 radical (unpaired) electrons.